The zero-order chi connectivity index (χ0) is 19.8. The molecule has 5 nitrogen and oxygen atoms in total. The first-order valence-electron chi connectivity index (χ1n) is 9.27. The molecule has 0 radical (unpaired) electrons. The smallest absolute Gasteiger partial charge is 0.252 e. The minimum absolute atomic E-state index is 0.0270. The summed E-state index contributed by atoms with van der Waals surface area (Å²) in [5, 5.41) is 6.14. The zero-order valence-corrected chi connectivity index (χ0v) is 15.8. The summed E-state index contributed by atoms with van der Waals surface area (Å²) in [6, 6.07) is 19.2. The molecular weight excluding hydrogens is 350 g/mol. The highest BCUT2D eigenvalue weighted by atomic mass is 16.1. The molecule has 3 aromatic rings. The molecule has 28 heavy (non-hydrogen) atoms. The average Bonchev–Trinajstić information content (AvgIpc) is 2.72. The van der Waals surface area contributed by atoms with Gasteiger partial charge in [-0.3, -0.25) is 14.6 Å². The second-order valence-electron chi connectivity index (χ2n) is 6.57. The van der Waals surface area contributed by atoms with Crippen LogP contribution in [0.3, 0.4) is 0 Å². The number of rotatable bonds is 8. The van der Waals surface area contributed by atoms with Crippen LogP contribution in [0.2, 0.25) is 0 Å². The number of amides is 1. The van der Waals surface area contributed by atoms with Crippen molar-refractivity contribution in [3.8, 4) is 0 Å². The number of hydrogen-bond donors (Lipinski definition) is 2. The van der Waals surface area contributed by atoms with Crippen molar-refractivity contribution in [1.82, 2.24) is 10.3 Å². The van der Waals surface area contributed by atoms with Crippen molar-refractivity contribution in [1.29, 1.82) is 0 Å². The molecule has 5 heteroatoms. The van der Waals surface area contributed by atoms with Crippen LogP contribution < -0.4 is 10.6 Å². The standard InChI is InChI=1S/C23H23N3O2/c1-17(27)19-9-11-21(12-10-19)26-22-14-20(15-24-16-22)23(28)25-13-5-8-18-6-3-2-4-7-18/h2-4,6-7,9-12,14-16,26H,5,8,13H2,1H3,(H,25,28). The Morgan fingerprint density at radius 1 is 0.893 bits per heavy atom. The summed E-state index contributed by atoms with van der Waals surface area (Å²) in [5.41, 5.74) is 3.97. The summed E-state index contributed by atoms with van der Waals surface area (Å²) in [6.07, 6.45) is 5.02. The Labute approximate surface area is 164 Å². The Bertz CT molecular complexity index is 938. The summed E-state index contributed by atoms with van der Waals surface area (Å²) < 4.78 is 0. The number of pyridine rings is 1. The number of carbonyl (C=O) groups excluding carboxylic acids is 2. The molecular formula is C23H23N3O2. The average molecular weight is 373 g/mol. The first-order chi connectivity index (χ1) is 13.6. The summed E-state index contributed by atoms with van der Waals surface area (Å²) in [5.74, 6) is -0.115. The van der Waals surface area contributed by atoms with E-state index in [1.54, 1.807) is 30.6 Å². The van der Waals surface area contributed by atoms with Crippen LogP contribution in [0.25, 0.3) is 0 Å². The number of carbonyl (C=O) groups is 2. The van der Waals surface area contributed by atoms with E-state index in [0.717, 1.165) is 18.5 Å². The summed E-state index contributed by atoms with van der Waals surface area (Å²) >= 11 is 0. The second-order valence-corrected chi connectivity index (χ2v) is 6.57. The van der Waals surface area contributed by atoms with Crippen LogP contribution in [0.5, 0.6) is 0 Å². The molecule has 1 amide bonds. The van der Waals surface area contributed by atoms with Crippen LogP contribution in [0.1, 0.15) is 39.6 Å². The first-order valence-corrected chi connectivity index (χ1v) is 9.27. The molecule has 0 saturated carbocycles. The van der Waals surface area contributed by atoms with E-state index in [2.05, 4.69) is 27.8 Å². The van der Waals surface area contributed by atoms with Gasteiger partial charge in [-0.1, -0.05) is 30.3 Å². The molecule has 3 rings (SSSR count). The highest BCUT2D eigenvalue weighted by Crippen LogP contribution is 2.17. The van der Waals surface area contributed by atoms with Gasteiger partial charge in [-0.05, 0) is 55.7 Å². The Hall–Kier alpha value is -3.47. The van der Waals surface area contributed by atoms with E-state index in [4.69, 9.17) is 0 Å². The van der Waals surface area contributed by atoms with Crippen molar-refractivity contribution in [3.05, 3.63) is 89.7 Å². The predicted molar refractivity (Wildman–Crippen MR) is 111 cm³/mol. The van der Waals surface area contributed by atoms with Gasteiger partial charge in [-0.25, -0.2) is 0 Å². The molecule has 0 fully saturated rings. The van der Waals surface area contributed by atoms with Gasteiger partial charge in [0.25, 0.3) is 5.91 Å². The lowest BCUT2D eigenvalue weighted by Gasteiger charge is -2.09. The Balaban J connectivity index is 1.53. The summed E-state index contributed by atoms with van der Waals surface area (Å²) in [6.45, 7) is 2.15. The fourth-order valence-electron chi connectivity index (χ4n) is 2.83. The van der Waals surface area contributed by atoms with Crippen molar-refractivity contribution < 1.29 is 9.59 Å². The zero-order valence-electron chi connectivity index (χ0n) is 15.8. The van der Waals surface area contributed by atoms with Gasteiger partial charge in [0.2, 0.25) is 0 Å². The maximum absolute atomic E-state index is 12.4. The van der Waals surface area contributed by atoms with Gasteiger partial charge in [-0.15, -0.1) is 0 Å². The Morgan fingerprint density at radius 3 is 2.36 bits per heavy atom. The molecule has 0 bridgehead atoms. The largest absolute Gasteiger partial charge is 0.354 e. The van der Waals surface area contributed by atoms with Crippen molar-refractivity contribution in [2.75, 3.05) is 11.9 Å². The lowest BCUT2D eigenvalue weighted by molar-refractivity contribution is 0.0952. The van der Waals surface area contributed by atoms with Crippen LogP contribution in [-0.4, -0.2) is 23.2 Å². The number of benzene rings is 2. The van der Waals surface area contributed by atoms with Gasteiger partial charge in [-0.2, -0.15) is 0 Å². The monoisotopic (exact) mass is 373 g/mol. The van der Waals surface area contributed by atoms with Gasteiger partial charge in [0.05, 0.1) is 17.4 Å². The summed E-state index contributed by atoms with van der Waals surface area (Å²) in [4.78, 5) is 27.9. The van der Waals surface area contributed by atoms with Crippen LogP contribution in [-0.2, 0) is 6.42 Å². The number of anilines is 2. The van der Waals surface area contributed by atoms with Crippen LogP contribution in [0, 0.1) is 0 Å². The number of nitrogens with zero attached hydrogens (tertiary/aromatic N) is 1. The Morgan fingerprint density at radius 2 is 1.64 bits per heavy atom. The maximum Gasteiger partial charge on any atom is 0.252 e. The third-order valence-corrected chi connectivity index (χ3v) is 4.35. The van der Waals surface area contributed by atoms with Crippen molar-refractivity contribution in [2.45, 2.75) is 19.8 Å². The fraction of sp³-hybridized carbons (Fsp3) is 0.174. The Kier molecular flexibility index (Phi) is 6.52. The van der Waals surface area contributed by atoms with Gasteiger partial charge in [0.15, 0.2) is 5.78 Å². The quantitative estimate of drug-likeness (QED) is 0.454. The molecule has 0 spiro atoms. The molecule has 0 aliphatic heterocycles. The van der Waals surface area contributed by atoms with Gasteiger partial charge in [0.1, 0.15) is 0 Å². The molecule has 142 valence electrons. The molecule has 1 heterocycles. The fourth-order valence-corrected chi connectivity index (χ4v) is 2.83. The third kappa shape index (κ3) is 5.51. The minimum atomic E-state index is -0.142. The molecule has 0 atom stereocenters. The van der Waals surface area contributed by atoms with E-state index in [9.17, 15) is 9.59 Å². The summed E-state index contributed by atoms with van der Waals surface area (Å²) in [7, 11) is 0. The van der Waals surface area contributed by atoms with Crippen LogP contribution >= 0.6 is 0 Å². The van der Waals surface area contributed by atoms with E-state index >= 15 is 0 Å². The topological polar surface area (TPSA) is 71.1 Å². The molecule has 0 saturated heterocycles. The number of ketones is 1. The second kappa shape index (κ2) is 9.46. The SMILES string of the molecule is CC(=O)c1ccc(Nc2cncc(C(=O)NCCCc3ccccc3)c2)cc1. The van der Waals surface area contributed by atoms with E-state index in [0.29, 0.717) is 23.4 Å². The highest BCUT2D eigenvalue weighted by molar-refractivity contribution is 5.95. The number of nitrogens with one attached hydrogen (secondary N) is 2. The normalized spacial score (nSPS) is 10.3. The first kappa shape index (κ1) is 19.3. The molecule has 0 unspecified atom stereocenters. The minimum Gasteiger partial charge on any atom is -0.354 e. The molecule has 1 aromatic heterocycles. The molecule has 2 aromatic carbocycles. The number of Topliss-reactive ketones (excluding diaryl/α,β-unsaturated/α-hetero) is 1. The maximum atomic E-state index is 12.4. The van der Waals surface area contributed by atoms with E-state index in [-0.39, 0.29) is 11.7 Å². The van der Waals surface area contributed by atoms with Crippen molar-refractivity contribution in [2.24, 2.45) is 0 Å². The number of aromatic nitrogens is 1. The van der Waals surface area contributed by atoms with Gasteiger partial charge in [0, 0.05) is 24.0 Å². The van der Waals surface area contributed by atoms with Crippen LogP contribution in [0.4, 0.5) is 11.4 Å². The van der Waals surface area contributed by atoms with E-state index in [1.807, 2.05) is 30.3 Å². The third-order valence-electron chi connectivity index (χ3n) is 4.35. The van der Waals surface area contributed by atoms with Crippen molar-refractivity contribution >= 4 is 23.1 Å². The molecule has 0 aliphatic rings. The van der Waals surface area contributed by atoms with Gasteiger partial charge < -0.3 is 10.6 Å². The highest BCUT2D eigenvalue weighted by Gasteiger charge is 2.07. The molecule has 0 aliphatic carbocycles. The van der Waals surface area contributed by atoms with E-state index < -0.39 is 0 Å². The van der Waals surface area contributed by atoms with Crippen molar-refractivity contribution in [3.63, 3.8) is 0 Å². The lowest BCUT2D eigenvalue weighted by atomic mass is 10.1. The van der Waals surface area contributed by atoms with E-state index in [1.165, 1.54) is 12.5 Å². The predicted octanol–water partition coefficient (Wildman–Crippen LogP) is 4.39. The molecule has 2 N–H and O–H groups in total. The van der Waals surface area contributed by atoms with Gasteiger partial charge >= 0.3 is 0 Å². The number of hydrogen-bond acceptors (Lipinski definition) is 4. The van der Waals surface area contributed by atoms with Crippen LogP contribution in [0.15, 0.2) is 73.1 Å². The lowest BCUT2D eigenvalue weighted by Crippen LogP contribution is -2.25. The number of aryl methyl sites for hydroxylation is 1.